The van der Waals surface area contributed by atoms with Crippen molar-refractivity contribution in [3.63, 3.8) is 0 Å². The molecule has 7 heteroatoms. The van der Waals surface area contributed by atoms with Gasteiger partial charge in [-0.25, -0.2) is 0 Å². The van der Waals surface area contributed by atoms with Crippen LogP contribution >= 0.6 is 34.8 Å². The maximum atomic E-state index is 12.2. The smallest absolute Gasteiger partial charge is 0.242 e. The van der Waals surface area contributed by atoms with E-state index in [1.54, 1.807) is 19.2 Å². The van der Waals surface area contributed by atoms with E-state index in [1.807, 2.05) is 12.1 Å². The molecule has 0 aromatic heterocycles. The fourth-order valence-electron chi connectivity index (χ4n) is 2.02. The van der Waals surface area contributed by atoms with Crippen LogP contribution in [0, 0.1) is 0 Å². The molecule has 122 valence electrons. The molecule has 0 aliphatic heterocycles. The van der Waals surface area contributed by atoms with Gasteiger partial charge in [-0.05, 0) is 29.8 Å². The zero-order valence-corrected chi connectivity index (χ0v) is 14.5. The molecule has 0 radical (unpaired) electrons. The third kappa shape index (κ3) is 4.22. The summed E-state index contributed by atoms with van der Waals surface area (Å²) in [5.41, 5.74) is 1.34. The fraction of sp³-hybridized carbons (Fsp3) is 0.188. The largest absolute Gasteiger partial charge is 0.505 e. The number of aromatic hydroxyl groups is 1. The summed E-state index contributed by atoms with van der Waals surface area (Å²) in [5, 5.41) is 9.78. The third-order valence-electron chi connectivity index (χ3n) is 3.23. The van der Waals surface area contributed by atoms with Gasteiger partial charge in [-0.2, -0.15) is 0 Å². The number of halogens is 3. The van der Waals surface area contributed by atoms with Crippen molar-refractivity contribution in [1.29, 1.82) is 0 Å². The Kier molecular flexibility index (Phi) is 5.99. The minimum Gasteiger partial charge on any atom is -0.505 e. The molecule has 2 rings (SSSR count). The Balaban J connectivity index is 2.35. The first-order valence-corrected chi connectivity index (χ1v) is 7.92. The Labute approximate surface area is 149 Å². The number of alkyl halides is 1. The zero-order chi connectivity index (χ0) is 17.0. The molecular weight excluding hydrogens is 361 g/mol. The van der Waals surface area contributed by atoms with E-state index in [-0.39, 0.29) is 34.1 Å². The van der Waals surface area contributed by atoms with Crippen LogP contribution in [0.3, 0.4) is 0 Å². The summed E-state index contributed by atoms with van der Waals surface area (Å²) in [6.07, 6.45) is 0. The van der Waals surface area contributed by atoms with E-state index in [9.17, 15) is 9.90 Å². The van der Waals surface area contributed by atoms with Gasteiger partial charge in [0, 0.05) is 5.69 Å². The van der Waals surface area contributed by atoms with E-state index in [0.717, 1.165) is 11.3 Å². The molecule has 0 unspecified atom stereocenters. The van der Waals surface area contributed by atoms with E-state index >= 15 is 0 Å². The third-order valence-corrected chi connectivity index (χ3v) is 4.03. The lowest BCUT2D eigenvalue weighted by molar-refractivity contribution is -0.116. The van der Waals surface area contributed by atoms with Gasteiger partial charge in [-0.1, -0.05) is 35.3 Å². The lowest BCUT2D eigenvalue weighted by atomic mass is 10.2. The van der Waals surface area contributed by atoms with Crippen molar-refractivity contribution in [2.24, 2.45) is 0 Å². The van der Waals surface area contributed by atoms with Crippen molar-refractivity contribution < 1.29 is 14.6 Å². The van der Waals surface area contributed by atoms with Crippen molar-refractivity contribution in [2.75, 3.05) is 17.9 Å². The van der Waals surface area contributed by atoms with Crippen LogP contribution in [0.15, 0.2) is 36.4 Å². The Bertz CT molecular complexity index is 681. The number of carbonyl (C=O) groups is 1. The van der Waals surface area contributed by atoms with Gasteiger partial charge in [0.25, 0.3) is 0 Å². The monoisotopic (exact) mass is 373 g/mol. The van der Waals surface area contributed by atoms with Crippen LogP contribution in [-0.2, 0) is 11.3 Å². The van der Waals surface area contributed by atoms with E-state index in [2.05, 4.69) is 0 Å². The van der Waals surface area contributed by atoms with Gasteiger partial charge in [-0.3, -0.25) is 4.79 Å². The summed E-state index contributed by atoms with van der Waals surface area (Å²) in [4.78, 5) is 13.6. The highest BCUT2D eigenvalue weighted by Crippen LogP contribution is 2.36. The second kappa shape index (κ2) is 7.77. The van der Waals surface area contributed by atoms with Gasteiger partial charge >= 0.3 is 0 Å². The first-order chi connectivity index (χ1) is 11.0. The number of methoxy groups -OCH3 is 1. The molecule has 1 amide bonds. The highest BCUT2D eigenvalue weighted by atomic mass is 35.5. The maximum Gasteiger partial charge on any atom is 0.242 e. The number of anilines is 1. The van der Waals surface area contributed by atoms with Crippen molar-refractivity contribution >= 4 is 46.4 Å². The van der Waals surface area contributed by atoms with Gasteiger partial charge in [0.2, 0.25) is 5.91 Å². The Morgan fingerprint density at radius 1 is 1.17 bits per heavy atom. The summed E-state index contributed by atoms with van der Waals surface area (Å²) in [7, 11) is 1.58. The van der Waals surface area contributed by atoms with Crippen molar-refractivity contribution in [3.05, 3.63) is 52.0 Å². The summed E-state index contributed by atoms with van der Waals surface area (Å²) in [5.74, 6) is 0.00604. The van der Waals surface area contributed by atoms with E-state index < -0.39 is 0 Å². The highest BCUT2D eigenvalue weighted by molar-refractivity contribution is 6.37. The van der Waals surface area contributed by atoms with Crippen LogP contribution in [-0.4, -0.2) is 24.0 Å². The van der Waals surface area contributed by atoms with Crippen molar-refractivity contribution in [1.82, 2.24) is 0 Å². The summed E-state index contributed by atoms with van der Waals surface area (Å²) >= 11 is 17.6. The van der Waals surface area contributed by atoms with Crippen LogP contribution < -0.4 is 9.64 Å². The lowest BCUT2D eigenvalue weighted by Crippen LogP contribution is -2.31. The number of benzene rings is 2. The van der Waals surface area contributed by atoms with Gasteiger partial charge < -0.3 is 14.7 Å². The van der Waals surface area contributed by atoms with E-state index in [4.69, 9.17) is 39.5 Å². The van der Waals surface area contributed by atoms with E-state index in [1.165, 1.54) is 17.0 Å². The predicted molar refractivity (Wildman–Crippen MR) is 93.0 cm³/mol. The van der Waals surface area contributed by atoms with Crippen LogP contribution in [0.25, 0.3) is 0 Å². The number of nitrogens with zero attached hydrogens (tertiary/aromatic N) is 1. The van der Waals surface area contributed by atoms with Crippen molar-refractivity contribution in [3.8, 4) is 11.5 Å². The number of carbonyl (C=O) groups excluding carboxylic acids is 1. The molecule has 0 saturated carbocycles. The maximum absolute atomic E-state index is 12.2. The molecule has 4 nitrogen and oxygen atoms in total. The van der Waals surface area contributed by atoms with E-state index in [0.29, 0.717) is 5.69 Å². The minimum absolute atomic E-state index is 0.0644. The SMILES string of the molecule is COc1ccc(CN(C(=O)CCl)c2cc(Cl)c(O)c(Cl)c2)cc1. The molecular formula is C16H14Cl3NO3. The van der Waals surface area contributed by atoms with Crippen LogP contribution in [0.1, 0.15) is 5.56 Å². The number of rotatable bonds is 5. The first kappa shape index (κ1) is 17.7. The number of phenols is 1. The quantitative estimate of drug-likeness (QED) is 0.785. The molecule has 0 aliphatic carbocycles. The average molecular weight is 375 g/mol. The summed E-state index contributed by atoms with van der Waals surface area (Å²) < 4.78 is 5.11. The summed E-state index contributed by atoms with van der Waals surface area (Å²) in [6, 6.07) is 10.2. The second-order valence-corrected chi connectivity index (χ2v) is 5.80. The standard InChI is InChI=1S/C16H14Cl3NO3/c1-23-12-4-2-10(3-5-12)9-20(15(21)8-17)11-6-13(18)16(22)14(19)7-11/h2-7,22H,8-9H2,1H3. The Hall–Kier alpha value is -1.62. The number of amides is 1. The lowest BCUT2D eigenvalue weighted by Gasteiger charge is -2.23. The van der Waals surface area contributed by atoms with Gasteiger partial charge in [0.1, 0.15) is 11.6 Å². The van der Waals surface area contributed by atoms with Crippen LogP contribution in [0.4, 0.5) is 5.69 Å². The average Bonchev–Trinajstić information content (AvgIpc) is 2.57. The second-order valence-electron chi connectivity index (χ2n) is 4.72. The van der Waals surface area contributed by atoms with Crippen LogP contribution in [0.5, 0.6) is 11.5 Å². The zero-order valence-electron chi connectivity index (χ0n) is 12.2. The molecule has 2 aromatic carbocycles. The van der Waals surface area contributed by atoms with Gasteiger partial charge in [0.15, 0.2) is 5.75 Å². The topological polar surface area (TPSA) is 49.8 Å². The molecule has 2 aromatic rings. The minimum atomic E-state index is -0.305. The highest BCUT2D eigenvalue weighted by Gasteiger charge is 2.18. The molecule has 0 spiro atoms. The molecule has 0 aliphatic rings. The normalized spacial score (nSPS) is 10.4. The predicted octanol–water partition coefficient (Wildman–Crippen LogP) is 4.48. The number of phenolic OH excluding ortho intramolecular Hbond substituents is 1. The summed E-state index contributed by atoms with van der Waals surface area (Å²) in [6.45, 7) is 0.285. The van der Waals surface area contributed by atoms with Gasteiger partial charge in [-0.15, -0.1) is 11.6 Å². The first-order valence-electron chi connectivity index (χ1n) is 6.63. The molecule has 23 heavy (non-hydrogen) atoms. The Morgan fingerprint density at radius 2 is 1.74 bits per heavy atom. The van der Waals surface area contributed by atoms with Crippen LogP contribution in [0.2, 0.25) is 10.0 Å². The number of hydrogen-bond acceptors (Lipinski definition) is 3. The fourth-order valence-corrected chi connectivity index (χ4v) is 2.64. The molecule has 0 saturated heterocycles. The molecule has 0 heterocycles. The molecule has 1 N–H and O–H groups in total. The van der Waals surface area contributed by atoms with Crippen molar-refractivity contribution in [2.45, 2.75) is 6.54 Å². The Morgan fingerprint density at radius 3 is 2.22 bits per heavy atom. The molecule has 0 fully saturated rings. The van der Waals surface area contributed by atoms with Gasteiger partial charge in [0.05, 0.1) is 23.7 Å². The number of hydrogen-bond donors (Lipinski definition) is 1. The molecule has 0 bridgehead atoms. The number of ether oxygens (including phenoxy) is 1. The molecule has 0 atom stereocenters.